The number of nitrogens with zero attached hydrogens (tertiary/aromatic N) is 1. The minimum absolute atomic E-state index is 0.275. The first-order valence-electron chi connectivity index (χ1n) is 7.98. The normalized spacial score (nSPS) is 22.9. The third-order valence-corrected chi connectivity index (χ3v) is 5.45. The van der Waals surface area contributed by atoms with E-state index in [1.807, 2.05) is 4.90 Å². The molecule has 3 N–H and O–H groups in total. The topological polar surface area (TPSA) is 56.4 Å². The maximum absolute atomic E-state index is 12.3. The molecule has 0 aliphatic carbocycles. The quantitative estimate of drug-likeness (QED) is 0.760. The van der Waals surface area contributed by atoms with Gasteiger partial charge in [-0.1, -0.05) is 30.3 Å². The molecular formula is C16H24N4OS. The van der Waals surface area contributed by atoms with Crippen LogP contribution in [-0.2, 0) is 11.2 Å². The highest BCUT2D eigenvalue weighted by Gasteiger charge is 2.24. The van der Waals surface area contributed by atoms with E-state index < -0.39 is 0 Å². The molecule has 0 spiro atoms. The van der Waals surface area contributed by atoms with Crippen LogP contribution in [0.15, 0.2) is 30.3 Å². The monoisotopic (exact) mass is 320 g/mol. The van der Waals surface area contributed by atoms with Crippen LogP contribution in [-0.4, -0.2) is 41.6 Å². The smallest absolute Gasteiger partial charge is 0.232 e. The molecule has 3 rings (SSSR count). The molecule has 1 atom stereocenters. The zero-order valence-corrected chi connectivity index (χ0v) is 13.6. The van der Waals surface area contributed by atoms with E-state index in [0.717, 1.165) is 38.9 Å². The van der Waals surface area contributed by atoms with Gasteiger partial charge in [0, 0.05) is 19.6 Å². The summed E-state index contributed by atoms with van der Waals surface area (Å²) in [5.41, 5.74) is 10.3. The van der Waals surface area contributed by atoms with Gasteiger partial charge in [0.1, 0.15) is 0 Å². The lowest BCUT2D eigenvalue weighted by atomic mass is 9.90. The molecule has 0 aromatic heterocycles. The van der Waals surface area contributed by atoms with Crippen LogP contribution in [0, 0.1) is 5.92 Å². The Morgan fingerprint density at radius 1 is 1.23 bits per heavy atom. The maximum Gasteiger partial charge on any atom is 0.232 e. The van der Waals surface area contributed by atoms with Crippen LogP contribution in [0.2, 0.25) is 0 Å². The molecular weight excluding hydrogens is 296 g/mol. The Kier molecular flexibility index (Phi) is 5.72. The number of thioether (sulfide) groups is 1. The van der Waals surface area contributed by atoms with Crippen molar-refractivity contribution < 1.29 is 4.79 Å². The van der Waals surface area contributed by atoms with E-state index in [0.29, 0.717) is 11.7 Å². The maximum atomic E-state index is 12.3. The molecule has 1 aromatic carbocycles. The molecule has 2 heterocycles. The third-order valence-electron chi connectivity index (χ3n) is 4.35. The van der Waals surface area contributed by atoms with E-state index in [1.54, 1.807) is 11.8 Å². The number of carbonyl (C=O) groups is 1. The SMILES string of the molecule is O=C(CSC1CNNN1)N1CCC(Cc2ccccc2)CC1. The Morgan fingerprint density at radius 2 is 2.00 bits per heavy atom. The van der Waals surface area contributed by atoms with Crippen molar-refractivity contribution in [3.63, 3.8) is 0 Å². The van der Waals surface area contributed by atoms with E-state index in [-0.39, 0.29) is 11.3 Å². The van der Waals surface area contributed by atoms with Crippen molar-refractivity contribution in [2.45, 2.75) is 24.6 Å². The second kappa shape index (κ2) is 7.97. The summed E-state index contributed by atoms with van der Waals surface area (Å²) in [6.45, 7) is 2.66. The Hall–Kier alpha value is -1.08. The van der Waals surface area contributed by atoms with Crippen molar-refractivity contribution in [1.29, 1.82) is 0 Å². The van der Waals surface area contributed by atoms with Crippen LogP contribution in [0.1, 0.15) is 18.4 Å². The zero-order valence-electron chi connectivity index (χ0n) is 12.8. The summed E-state index contributed by atoms with van der Waals surface area (Å²) >= 11 is 1.66. The molecule has 1 aromatic rings. The summed E-state index contributed by atoms with van der Waals surface area (Å²) in [6.07, 6.45) is 3.38. The summed E-state index contributed by atoms with van der Waals surface area (Å²) in [6, 6.07) is 10.7. The number of hydrazine groups is 2. The molecule has 2 aliphatic heterocycles. The van der Waals surface area contributed by atoms with E-state index in [2.05, 4.69) is 46.7 Å². The summed E-state index contributed by atoms with van der Waals surface area (Å²) in [5.74, 6) is 1.55. The number of likely N-dealkylation sites (tertiary alicyclic amines) is 1. The number of nitrogens with one attached hydrogen (secondary N) is 3. The van der Waals surface area contributed by atoms with Gasteiger partial charge in [-0.3, -0.25) is 4.79 Å². The molecule has 2 fully saturated rings. The molecule has 2 aliphatic rings. The van der Waals surface area contributed by atoms with Gasteiger partial charge in [0.05, 0.1) is 11.1 Å². The fourth-order valence-electron chi connectivity index (χ4n) is 3.02. The van der Waals surface area contributed by atoms with Crippen LogP contribution in [0.5, 0.6) is 0 Å². The number of benzene rings is 1. The van der Waals surface area contributed by atoms with Crippen LogP contribution in [0.3, 0.4) is 0 Å². The summed E-state index contributed by atoms with van der Waals surface area (Å²) < 4.78 is 0. The van der Waals surface area contributed by atoms with Gasteiger partial charge in [-0.15, -0.1) is 11.8 Å². The third kappa shape index (κ3) is 4.46. The Balaban J connectivity index is 1.38. The molecule has 1 amide bonds. The van der Waals surface area contributed by atoms with E-state index in [9.17, 15) is 4.79 Å². The van der Waals surface area contributed by atoms with Crippen LogP contribution >= 0.6 is 11.8 Å². The molecule has 1 unspecified atom stereocenters. The second-order valence-corrected chi connectivity index (χ2v) is 7.15. The molecule has 0 radical (unpaired) electrons. The van der Waals surface area contributed by atoms with Gasteiger partial charge in [-0.05, 0) is 30.7 Å². The van der Waals surface area contributed by atoms with Gasteiger partial charge in [-0.25, -0.2) is 10.9 Å². The molecule has 5 nitrogen and oxygen atoms in total. The predicted octanol–water partition coefficient (Wildman–Crippen LogP) is 1.14. The fourth-order valence-corrected chi connectivity index (χ4v) is 3.89. The summed E-state index contributed by atoms with van der Waals surface area (Å²) in [4.78, 5) is 14.3. The van der Waals surface area contributed by atoms with Crippen molar-refractivity contribution >= 4 is 17.7 Å². The van der Waals surface area contributed by atoms with Crippen LogP contribution < -0.4 is 16.4 Å². The van der Waals surface area contributed by atoms with E-state index >= 15 is 0 Å². The first-order valence-corrected chi connectivity index (χ1v) is 9.03. The van der Waals surface area contributed by atoms with E-state index in [1.165, 1.54) is 5.56 Å². The minimum atomic E-state index is 0.275. The molecule has 22 heavy (non-hydrogen) atoms. The Labute approximate surface area is 136 Å². The molecule has 0 bridgehead atoms. The van der Waals surface area contributed by atoms with Crippen molar-refractivity contribution in [3.05, 3.63) is 35.9 Å². The highest BCUT2D eigenvalue weighted by molar-refractivity contribution is 8.00. The fraction of sp³-hybridized carbons (Fsp3) is 0.562. The summed E-state index contributed by atoms with van der Waals surface area (Å²) in [5, 5.41) is 0.277. The second-order valence-electron chi connectivity index (χ2n) is 5.96. The van der Waals surface area contributed by atoms with Gasteiger partial charge >= 0.3 is 0 Å². The highest BCUT2D eigenvalue weighted by atomic mass is 32.2. The van der Waals surface area contributed by atoms with Gasteiger partial charge in [-0.2, -0.15) is 5.53 Å². The Bertz CT molecular complexity index is 470. The Morgan fingerprint density at radius 3 is 2.68 bits per heavy atom. The largest absolute Gasteiger partial charge is 0.342 e. The van der Waals surface area contributed by atoms with Gasteiger partial charge in [0.15, 0.2) is 0 Å². The lowest BCUT2D eigenvalue weighted by molar-refractivity contribution is -0.129. The van der Waals surface area contributed by atoms with Gasteiger partial charge in [0.2, 0.25) is 5.91 Å². The number of carbonyl (C=O) groups excluding carboxylic acids is 1. The number of hydrogen-bond donors (Lipinski definition) is 3. The van der Waals surface area contributed by atoms with Crippen molar-refractivity contribution in [3.8, 4) is 0 Å². The average molecular weight is 320 g/mol. The van der Waals surface area contributed by atoms with Crippen molar-refractivity contribution in [2.75, 3.05) is 25.4 Å². The lowest BCUT2D eigenvalue weighted by Crippen LogP contribution is -2.40. The molecule has 2 saturated heterocycles. The lowest BCUT2D eigenvalue weighted by Gasteiger charge is -2.32. The number of piperidine rings is 1. The predicted molar refractivity (Wildman–Crippen MR) is 90.0 cm³/mol. The number of rotatable bonds is 5. The molecule has 120 valence electrons. The van der Waals surface area contributed by atoms with Crippen LogP contribution in [0.25, 0.3) is 0 Å². The van der Waals surface area contributed by atoms with Crippen molar-refractivity contribution in [2.24, 2.45) is 5.92 Å². The summed E-state index contributed by atoms with van der Waals surface area (Å²) in [7, 11) is 0. The van der Waals surface area contributed by atoms with Crippen LogP contribution in [0.4, 0.5) is 0 Å². The van der Waals surface area contributed by atoms with Gasteiger partial charge < -0.3 is 4.90 Å². The zero-order chi connectivity index (χ0) is 15.2. The van der Waals surface area contributed by atoms with E-state index in [4.69, 9.17) is 0 Å². The molecule has 0 saturated carbocycles. The minimum Gasteiger partial charge on any atom is -0.342 e. The average Bonchev–Trinajstić information content (AvgIpc) is 3.08. The molecule has 6 heteroatoms. The number of hydrogen-bond acceptors (Lipinski definition) is 5. The highest BCUT2D eigenvalue weighted by Crippen LogP contribution is 2.22. The first-order chi connectivity index (χ1) is 10.8. The van der Waals surface area contributed by atoms with Crippen molar-refractivity contribution in [1.82, 2.24) is 21.3 Å². The first kappa shape index (κ1) is 15.8. The van der Waals surface area contributed by atoms with Gasteiger partial charge in [0.25, 0.3) is 0 Å². The standard InChI is InChI=1S/C16H24N4OS/c21-16(12-22-15-11-17-19-18-15)20-8-6-14(7-9-20)10-13-4-2-1-3-5-13/h1-5,14-15,17-19H,6-12H2. The number of amides is 1.